The molecular weight excluding hydrogens is 426 g/mol. The van der Waals surface area contributed by atoms with Crippen LogP contribution in [0.5, 0.6) is 11.5 Å². The standard InChI is InChI=1S/C24H33N3O6/c1-15(2)22(24(31)26-18(14-28)13-17-6-5-11-25-23(17)30)27-21(29)10-8-16-7-9-19(32-3)20(12-16)33-4/h7-10,12,14-15,17-18,22H,5-6,11,13H2,1-4H3,(H,25,30)(H,26,31)(H,27,29)/b10-8+/t17?,18-,22-/m0/s1. The Bertz CT molecular complexity index is 883. The second-order valence-electron chi connectivity index (χ2n) is 8.30. The summed E-state index contributed by atoms with van der Waals surface area (Å²) in [5, 5.41) is 8.13. The predicted octanol–water partition coefficient (Wildman–Crippen LogP) is 1.46. The molecule has 2 rings (SSSR count). The Morgan fingerprint density at radius 2 is 1.91 bits per heavy atom. The number of amides is 3. The van der Waals surface area contributed by atoms with E-state index in [0.717, 1.165) is 12.0 Å². The van der Waals surface area contributed by atoms with Gasteiger partial charge in [0.15, 0.2) is 11.5 Å². The average Bonchev–Trinajstić information content (AvgIpc) is 2.81. The molecule has 180 valence electrons. The Hall–Kier alpha value is -3.36. The van der Waals surface area contributed by atoms with Gasteiger partial charge in [0.05, 0.1) is 20.3 Å². The summed E-state index contributed by atoms with van der Waals surface area (Å²) in [5.74, 6) is -0.438. The number of ether oxygens (including phenoxy) is 2. The van der Waals surface area contributed by atoms with E-state index in [1.165, 1.54) is 20.3 Å². The molecule has 1 aromatic rings. The lowest BCUT2D eigenvalue weighted by Gasteiger charge is -2.26. The topological polar surface area (TPSA) is 123 Å². The third-order valence-electron chi connectivity index (χ3n) is 5.51. The van der Waals surface area contributed by atoms with Crippen LogP contribution in [-0.4, -0.2) is 56.9 Å². The first-order valence-corrected chi connectivity index (χ1v) is 11.0. The van der Waals surface area contributed by atoms with E-state index in [0.29, 0.717) is 30.8 Å². The van der Waals surface area contributed by atoms with Crippen LogP contribution in [0.25, 0.3) is 6.08 Å². The van der Waals surface area contributed by atoms with Gasteiger partial charge in [0.2, 0.25) is 17.7 Å². The number of methoxy groups -OCH3 is 2. The molecule has 1 aromatic carbocycles. The number of nitrogens with one attached hydrogen (secondary N) is 3. The zero-order chi connectivity index (χ0) is 24.4. The van der Waals surface area contributed by atoms with Gasteiger partial charge in [0, 0.05) is 18.5 Å². The maximum absolute atomic E-state index is 12.8. The molecule has 1 heterocycles. The Morgan fingerprint density at radius 3 is 2.52 bits per heavy atom. The number of benzene rings is 1. The molecule has 0 aromatic heterocycles. The van der Waals surface area contributed by atoms with Crippen molar-refractivity contribution in [3.8, 4) is 11.5 Å². The Kier molecular flexibility index (Phi) is 9.90. The molecule has 1 fully saturated rings. The van der Waals surface area contributed by atoms with Crippen LogP contribution >= 0.6 is 0 Å². The van der Waals surface area contributed by atoms with Crippen molar-refractivity contribution in [2.24, 2.45) is 11.8 Å². The van der Waals surface area contributed by atoms with Crippen LogP contribution in [0.1, 0.15) is 38.7 Å². The summed E-state index contributed by atoms with van der Waals surface area (Å²) in [5.41, 5.74) is 0.722. The van der Waals surface area contributed by atoms with E-state index >= 15 is 0 Å². The molecule has 3 amide bonds. The molecule has 9 nitrogen and oxygen atoms in total. The lowest BCUT2D eigenvalue weighted by molar-refractivity contribution is -0.131. The molecule has 1 unspecified atom stereocenters. The number of carbonyl (C=O) groups excluding carboxylic acids is 4. The second-order valence-corrected chi connectivity index (χ2v) is 8.30. The van der Waals surface area contributed by atoms with Gasteiger partial charge < -0.3 is 30.2 Å². The number of rotatable bonds is 11. The van der Waals surface area contributed by atoms with Crippen LogP contribution in [0.15, 0.2) is 24.3 Å². The van der Waals surface area contributed by atoms with Gasteiger partial charge in [-0.2, -0.15) is 0 Å². The summed E-state index contributed by atoms with van der Waals surface area (Å²) in [6, 6.07) is 3.59. The van der Waals surface area contributed by atoms with Crippen LogP contribution < -0.4 is 25.4 Å². The SMILES string of the molecule is COc1ccc(/C=C/C(=O)N[C@H](C(=O)N[C@H](C=O)CC2CCCNC2=O)C(C)C)cc1OC. The van der Waals surface area contributed by atoms with Crippen molar-refractivity contribution in [1.82, 2.24) is 16.0 Å². The zero-order valence-electron chi connectivity index (χ0n) is 19.6. The summed E-state index contributed by atoms with van der Waals surface area (Å²) >= 11 is 0. The third-order valence-corrected chi connectivity index (χ3v) is 5.51. The van der Waals surface area contributed by atoms with Crippen molar-refractivity contribution in [1.29, 1.82) is 0 Å². The van der Waals surface area contributed by atoms with Crippen LogP contribution in [0.4, 0.5) is 0 Å². The summed E-state index contributed by atoms with van der Waals surface area (Å²) < 4.78 is 10.5. The minimum absolute atomic E-state index is 0.101. The fourth-order valence-electron chi connectivity index (χ4n) is 3.65. The molecule has 0 radical (unpaired) electrons. The lowest BCUT2D eigenvalue weighted by atomic mass is 9.91. The molecule has 3 atom stereocenters. The van der Waals surface area contributed by atoms with E-state index in [9.17, 15) is 19.2 Å². The van der Waals surface area contributed by atoms with E-state index in [-0.39, 0.29) is 24.2 Å². The van der Waals surface area contributed by atoms with Crippen LogP contribution in [0.3, 0.4) is 0 Å². The average molecular weight is 460 g/mol. The van der Waals surface area contributed by atoms with Crippen molar-refractivity contribution in [3.05, 3.63) is 29.8 Å². The first kappa shape index (κ1) is 25.9. The number of piperidine rings is 1. The maximum atomic E-state index is 12.8. The lowest BCUT2D eigenvalue weighted by Crippen LogP contribution is -2.53. The van der Waals surface area contributed by atoms with Gasteiger partial charge in [-0.25, -0.2) is 0 Å². The largest absolute Gasteiger partial charge is 0.493 e. The molecule has 1 saturated heterocycles. The summed E-state index contributed by atoms with van der Waals surface area (Å²) in [7, 11) is 3.06. The fraction of sp³-hybridized carbons (Fsp3) is 0.500. The van der Waals surface area contributed by atoms with E-state index in [1.807, 2.05) is 0 Å². The Balaban J connectivity index is 1.99. The van der Waals surface area contributed by atoms with Crippen LogP contribution in [0, 0.1) is 11.8 Å². The molecule has 0 aliphatic carbocycles. The summed E-state index contributed by atoms with van der Waals surface area (Å²) in [6.07, 6.45) is 5.31. The quantitative estimate of drug-likeness (QED) is 0.340. The molecule has 0 saturated carbocycles. The van der Waals surface area contributed by atoms with Crippen molar-refractivity contribution in [2.45, 2.75) is 45.2 Å². The Morgan fingerprint density at radius 1 is 1.18 bits per heavy atom. The van der Waals surface area contributed by atoms with E-state index < -0.39 is 23.9 Å². The molecule has 0 spiro atoms. The van der Waals surface area contributed by atoms with Crippen molar-refractivity contribution in [2.75, 3.05) is 20.8 Å². The van der Waals surface area contributed by atoms with E-state index in [1.54, 1.807) is 38.1 Å². The summed E-state index contributed by atoms with van der Waals surface area (Å²) in [4.78, 5) is 48.8. The van der Waals surface area contributed by atoms with Crippen molar-refractivity contribution >= 4 is 30.1 Å². The molecule has 33 heavy (non-hydrogen) atoms. The normalized spacial score (nSPS) is 17.7. The first-order chi connectivity index (χ1) is 15.8. The van der Waals surface area contributed by atoms with E-state index in [2.05, 4.69) is 16.0 Å². The number of hydrogen-bond acceptors (Lipinski definition) is 6. The first-order valence-electron chi connectivity index (χ1n) is 11.0. The Labute approximate surface area is 194 Å². The molecule has 1 aliphatic rings. The molecule has 0 bridgehead atoms. The van der Waals surface area contributed by atoms with Crippen molar-refractivity contribution in [3.63, 3.8) is 0 Å². The van der Waals surface area contributed by atoms with Gasteiger partial charge in [-0.3, -0.25) is 14.4 Å². The number of aldehydes is 1. The van der Waals surface area contributed by atoms with Crippen molar-refractivity contribution < 1.29 is 28.7 Å². The highest BCUT2D eigenvalue weighted by molar-refractivity contribution is 5.96. The van der Waals surface area contributed by atoms with Gasteiger partial charge in [-0.15, -0.1) is 0 Å². The fourth-order valence-corrected chi connectivity index (χ4v) is 3.65. The molecule has 1 aliphatic heterocycles. The van der Waals surface area contributed by atoms with Gasteiger partial charge in [-0.05, 0) is 49.0 Å². The predicted molar refractivity (Wildman–Crippen MR) is 124 cm³/mol. The zero-order valence-corrected chi connectivity index (χ0v) is 19.6. The molecule has 9 heteroatoms. The van der Waals surface area contributed by atoms with Gasteiger partial charge in [-0.1, -0.05) is 19.9 Å². The van der Waals surface area contributed by atoms with Gasteiger partial charge in [0.1, 0.15) is 12.3 Å². The second kappa shape index (κ2) is 12.6. The molecule has 3 N–H and O–H groups in total. The number of hydrogen-bond donors (Lipinski definition) is 3. The minimum atomic E-state index is -0.838. The third kappa shape index (κ3) is 7.62. The van der Waals surface area contributed by atoms with Gasteiger partial charge >= 0.3 is 0 Å². The minimum Gasteiger partial charge on any atom is -0.493 e. The molecular formula is C24H33N3O6. The van der Waals surface area contributed by atoms with Crippen LogP contribution in [-0.2, 0) is 19.2 Å². The maximum Gasteiger partial charge on any atom is 0.244 e. The summed E-state index contributed by atoms with van der Waals surface area (Å²) in [6.45, 7) is 4.23. The van der Waals surface area contributed by atoms with Crippen LogP contribution in [0.2, 0.25) is 0 Å². The van der Waals surface area contributed by atoms with E-state index in [4.69, 9.17) is 9.47 Å². The highest BCUT2D eigenvalue weighted by Gasteiger charge is 2.29. The smallest absolute Gasteiger partial charge is 0.244 e. The highest BCUT2D eigenvalue weighted by atomic mass is 16.5. The monoisotopic (exact) mass is 459 g/mol. The highest BCUT2D eigenvalue weighted by Crippen LogP contribution is 2.28. The number of carbonyl (C=O) groups is 4. The van der Waals surface area contributed by atoms with Gasteiger partial charge in [0.25, 0.3) is 0 Å².